The van der Waals surface area contributed by atoms with Gasteiger partial charge in [0.2, 0.25) is 5.89 Å². The Morgan fingerprint density at radius 1 is 1.11 bits per heavy atom. The molecular formula is C15H12INO. The van der Waals surface area contributed by atoms with E-state index >= 15 is 0 Å². The molecule has 90 valence electrons. The van der Waals surface area contributed by atoms with Gasteiger partial charge in [-0.05, 0) is 31.2 Å². The van der Waals surface area contributed by atoms with Crippen LogP contribution in [0.25, 0.3) is 23.6 Å². The predicted octanol–water partition coefficient (Wildman–Crippen LogP) is 4.58. The number of halogens is 1. The molecule has 3 heteroatoms. The quantitative estimate of drug-likeness (QED) is 0.557. The summed E-state index contributed by atoms with van der Waals surface area (Å²) in [6.45, 7) is 2.14. The third-order valence-corrected chi connectivity index (χ3v) is 3.55. The normalized spacial score (nSPS) is 21.7. The summed E-state index contributed by atoms with van der Waals surface area (Å²) >= 11 is 2.39. The molecule has 0 N–H and O–H groups in total. The standard InChI is InChI=1S/C15H12INO/c1-15(16)9-7-12-13(8-10-15)18-14(17-12)11-5-3-2-4-6-11/h2-10H,1H3. The van der Waals surface area contributed by atoms with E-state index in [0.29, 0.717) is 5.89 Å². The minimum absolute atomic E-state index is 0.0217. The van der Waals surface area contributed by atoms with Crippen molar-refractivity contribution in [3.8, 4) is 11.5 Å². The lowest BCUT2D eigenvalue weighted by molar-refractivity contribution is 0.564. The van der Waals surface area contributed by atoms with Gasteiger partial charge >= 0.3 is 0 Å². The molecule has 0 amide bonds. The van der Waals surface area contributed by atoms with E-state index in [0.717, 1.165) is 17.0 Å². The van der Waals surface area contributed by atoms with Gasteiger partial charge in [-0.15, -0.1) is 0 Å². The highest BCUT2D eigenvalue weighted by Crippen LogP contribution is 2.31. The molecule has 0 saturated heterocycles. The topological polar surface area (TPSA) is 26.0 Å². The zero-order valence-corrected chi connectivity index (χ0v) is 12.1. The predicted molar refractivity (Wildman–Crippen MR) is 82.4 cm³/mol. The van der Waals surface area contributed by atoms with E-state index in [9.17, 15) is 0 Å². The molecule has 0 radical (unpaired) electrons. The molecular weight excluding hydrogens is 337 g/mol. The van der Waals surface area contributed by atoms with Crippen molar-refractivity contribution in [2.75, 3.05) is 0 Å². The summed E-state index contributed by atoms with van der Waals surface area (Å²) in [6, 6.07) is 9.96. The van der Waals surface area contributed by atoms with Crippen LogP contribution in [0, 0.1) is 0 Å². The SMILES string of the molecule is CC1(I)C=Cc2nc(-c3ccccc3)oc2C=C1. The van der Waals surface area contributed by atoms with Gasteiger partial charge in [0.25, 0.3) is 0 Å². The van der Waals surface area contributed by atoms with E-state index in [2.05, 4.69) is 46.7 Å². The van der Waals surface area contributed by atoms with Crippen LogP contribution < -0.4 is 0 Å². The molecule has 1 aromatic carbocycles. The molecule has 1 aliphatic rings. The minimum atomic E-state index is 0.0217. The minimum Gasteiger partial charge on any atom is -0.436 e. The lowest BCUT2D eigenvalue weighted by atomic mass is 10.1. The van der Waals surface area contributed by atoms with E-state index in [-0.39, 0.29) is 3.42 Å². The van der Waals surface area contributed by atoms with Gasteiger partial charge in [0.15, 0.2) is 5.76 Å². The zero-order chi connectivity index (χ0) is 12.6. The third-order valence-electron chi connectivity index (χ3n) is 2.83. The number of allylic oxidation sites excluding steroid dienone is 2. The fraction of sp³-hybridized carbons (Fsp3) is 0.133. The summed E-state index contributed by atoms with van der Waals surface area (Å²) in [4.78, 5) is 4.54. The van der Waals surface area contributed by atoms with Crippen molar-refractivity contribution in [3.05, 3.63) is 53.9 Å². The van der Waals surface area contributed by atoms with E-state index in [4.69, 9.17) is 4.42 Å². The Morgan fingerprint density at radius 2 is 1.83 bits per heavy atom. The van der Waals surface area contributed by atoms with Gasteiger partial charge in [-0.25, -0.2) is 4.98 Å². The number of hydrogen-bond donors (Lipinski definition) is 0. The maximum atomic E-state index is 5.81. The summed E-state index contributed by atoms with van der Waals surface area (Å²) in [5, 5.41) is 0. The Hall–Kier alpha value is -1.36. The van der Waals surface area contributed by atoms with Crippen molar-refractivity contribution >= 4 is 34.7 Å². The third kappa shape index (κ3) is 2.27. The second kappa shape index (κ2) is 4.39. The molecule has 2 nitrogen and oxygen atoms in total. The van der Waals surface area contributed by atoms with Crippen LogP contribution >= 0.6 is 22.6 Å². The maximum Gasteiger partial charge on any atom is 0.227 e. The van der Waals surface area contributed by atoms with E-state index in [1.54, 1.807) is 0 Å². The van der Waals surface area contributed by atoms with Gasteiger partial charge < -0.3 is 4.42 Å². The van der Waals surface area contributed by atoms with Gasteiger partial charge in [0, 0.05) is 5.56 Å². The molecule has 0 fully saturated rings. The number of aromatic nitrogens is 1. The number of nitrogens with zero attached hydrogens (tertiary/aromatic N) is 1. The van der Waals surface area contributed by atoms with Gasteiger partial charge in [-0.2, -0.15) is 0 Å². The number of oxazole rings is 1. The van der Waals surface area contributed by atoms with Crippen molar-refractivity contribution in [2.24, 2.45) is 0 Å². The van der Waals surface area contributed by atoms with Crippen LogP contribution in [0.15, 0.2) is 46.9 Å². The van der Waals surface area contributed by atoms with Gasteiger partial charge in [0.05, 0.1) is 3.42 Å². The highest BCUT2D eigenvalue weighted by Gasteiger charge is 2.18. The summed E-state index contributed by atoms with van der Waals surface area (Å²) < 4.78 is 5.83. The Morgan fingerprint density at radius 3 is 2.61 bits per heavy atom. The number of hydrogen-bond acceptors (Lipinski definition) is 2. The monoisotopic (exact) mass is 349 g/mol. The second-order valence-electron chi connectivity index (χ2n) is 4.45. The van der Waals surface area contributed by atoms with Crippen molar-refractivity contribution in [2.45, 2.75) is 10.3 Å². The number of benzene rings is 1. The average molecular weight is 349 g/mol. The van der Waals surface area contributed by atoms with E-state index in [1.165, 1.54) is 0 Å². The Kier molecular flexibility index (Phi) is 2.86. The molecule has 18 heavy (non-hydrogen) atoms. The molecule has 1 aliphatic carbocycles. The van der Waals surface area contributed by atoms with Crippen LogP contribution in [0.4, 0.5) is 0 Å². The maximum absolute atomic E-state index is 5.81. The molecule has 0 saturated carbocycles. The average Bonchev–Trinajstić information content (AvgIpc) is 2.73. The number of rotatable bonds is 1. The van der Waals surface area contributed by atoms with Crippen LogP contribution in [0.3, 0.4) is 0 Å². The molecule has 1 aromatic heterocycles. The first-order valence-corrected chi connectivity index (χ1v) is 6.86. The van der Waals surface area contributed by atoms with Crippen molar-refractivity contribution < 1.29 is 4.42 Å². The van der Waals surface area contributed by atoms with Crippen LogP contribution in [-0.4, -0.2) is 8.41 Å². The van der Waals surface area contributed by atoms with Gasteiger partial charge in [-0.3, -0.25) is 0 Å². The fourth-order valence-corrected chi connectivity index (χ4v) is 2.18. The molecule has 0 spiro atoms. The summed E-state index contributed by atoms with van der Waals surface area (Å²) in [5.41, 5.74) is 1.90. The lowest BCUT2D eigenvalue weighted by Crippen LogP contribution is -2.04. The summed E-state index contributed by atoms with van der Waals surface area (Å²) in [7, 11) is 0. The first-order valence-electron chi connectivity index (χ1n) is 5.78. The van der Waals surface area contributed by atoms with Crippen LogP contribution in [0.5, 0.6) is 0 Å². The van der Waals surface area contributed by atoms with Gasteiger partial charge in [0.1, 0.15) is 5.69 Å². The number of fused-ring (bicyclic) bond motifs is 1. The van der Waals surface area contributed by atoms with E-state index in [1.807, 2.05) is 42.5 Å². The Labute approximate surface area is 120 Å². The molecule has 1 atom stereocenters. The molecule has 0 bridgehead atoms. The first-order chi connectivity index (χ1) is 8.64. The molecule has 0 aliphatic heterocycles. The Bertz CT molecular complexity index is 590. The van der Waals surface area contributed by atoms with Crippen molar-refractivity contribution in [1.29, 1.82) is 0 Å². The fourth-order valence-electron chi connectivity index (χ4n) is 1.82. The lowest BCUT2D eigenvalue weighted by Gasteiger charge is -2.09. The highest BCUT2D eigenvalue weighted by atomic mass is 127. The van der Waals surface area contributed by atoms with E-state index < -0.39 is 0 Å². The zero-order valence-electron chi connectivity index (χ0n) is 9.93. The van der Waals surface area contributed by atoms with Gasteiger partial charge in [-0.1, -0.05) is 52.9 Å². The van der Waals surface area contributed by atoms with Crippen LogP contribution in [0.1, 0.15) is 18.4 Å². The molecule has 3 rings (SSSR count). The molecule has 1 unspecified atom stereocenters. The molecule has 1 heterocycles. The number of alkyl halides is 1. The first kappa shape index (κ1) is 11.7. The highest BCUT2D eigenvalue weighted by molar-refractivity contribution is 14.1. The summed E-state index contributed by atoms with van der Waals surface area (Å²) in [5.74, 6) is 1.50. The largest absolute Gasteiger partial charge is 0.436 e. The second-order valence-corrected chi connectivity index (χ2v) is 6.78. The van der Waals surface area contributed by atoms with Crippen LogP contribution in [0.2, 0.25) is 0 Å². The van der Waals surface area contributed by atoms with Crippen molar-refractivity contribution in [1.82, 2.24) is 4.98 Å². The Balaban J connectivity index is 2.04. The van der Waals surface area contributed by atoms with Crippen molar-refractivity contribution in [3.63, 3.8) is 0 Å². The molecule has 2 aromatic rings. The summed E-state index contributed by atoms with van der Waals surface area (Å²) in [6.07, 6.45) is 8.28. The smallest absolute Gasteiger partial charge is 0.227 e. The van der Waals surface area contributed by atoms with Crippen LogP contribution in [-0.2, 0) is 0 Å².